The minimum absolute atomic E-state index is 0.0682. The molecule has 0 heterocycles. The van der Waals surface area contributed by atoms with Crippen molar-refractivity contribution < 1.29 is 9.59 Å². The quantitative estimate of drug-likeness (QED) is 0.381. The number of amides is 1. The van der Waals surface area contributed by atoms with Crippen LogP contribution in [0.3, 0.4) is 0 Å². The predicted molar refractivity (Wildman–Crippen MR) is 92.6 cm³/mol. The molecule has 0 radical (unpaired) electrons. The van der Waals surface area contributed by atoms with Crippen LogP contribution in [0.2, 0.25) is 5.02 Å². The van der Waals surface area contributed by atoms with Gasteiger partial charge in [0.15, 0.2) is 5.78 Å². The average Bonchev–Trinajstić information content (AvgIpc) is 2.56. The Hall–Kier alpha value is -2.59. The third-order valence-electron chi connectivity index (χ3n) is 3.34. The summed E-state index contributed by atoms with van der Waals surface area (Å²) in [4.78, 5) is 25.2. The normalized spacial score (nSPS) is 11.4. The second-order valence-corrected chi connectivity index (χ2v) is 5.34. The number of nitrogens with one attached hydrogen (secondary N) is 2. The zero-order valence-electron chi connectivity index (χ0n) is 12.9. The highest BCUT2D eigenvalue weighted by Crippen LogP contribution is 2.17. The summed E-state index contributed by atoms with van der Waals surface area (Å²) >= 11 is 5.84. The molecular weight excluding hydrogens is 312 g/mol. The number of Topliss-reactive ketones (excluding diaryl/α,β-unsaturated/α-hetero) is 1. The lowest BCUT2D eigenvalue weighted by molar-refractivity contribution is -0.112. The average molecular weight is 329 g/mol. The molecule has 5 heteroatoms. The van der Waals surface area contributed by atoms with Crippen LogP contribution in [0.1, 0.15) is 17.3 Å². The smallest absolute Gasteiger partial charge is 0.261 e. The minimum atomic E-state index is -0.456. The fourth-order valence-electron chi connectivity index (χ4n) is 2.03. The van der Waals surface area contributed by atoms with Gasteiger partial charge in [0, 0.05) is 29.0 Å². The van der Waals surface area contributed by atoms with E-state index in [2.05, 4.69) is 10.6 Å². The molecule has 2 rings (SSSR count). The summed E-state index contributed by atoms with van der Waals surface area (Å²) in [5.41, 5.74) is 1.60. The number of para-hydroxylation sites is 1. The van der Waals surface area contributed by atoms with Crippen LogP contribution >= 0.6 is 11.6 Å². The standard InChI is InChI=1S/C18H17ClN2O2/c1-12(20-2)16(17(22)13-8-10-14(19)11-9-13)18(23)21-15-6-4-3-5-7-15/h3-11,20H,1-2H3,(H,21,23). The Labute approximate surface area is 140 Å². The summed E-state index contributed by atoms with van der Waals surface area (Å²) in [5.74, 6) is -0.815. The molecular formula is C18H17ClN2O2. The summed E-state index contributed by atoms with van der Waals surface area (Å²) in [6.07, 6.45) is 0. The monoisotopic (exact) mass is 328 g/mol. The number of halogens is 1. The van der Waals surface area contributed by atoms with Crippen LogP contribution in [0.25, 0.3) is 0 Å². The van der Waals surface area contributed by atoms with Crippen LogP contribution in [0, 0.1) is 0 Å². The molecule has 4 nitrogen and oxygen atoms in total. The van der Waals surface area contributed by atoms with E-state index >= 15 is 0 Å². The molecule has 2 aromatic rings. The first-order valence-corrected chi connectivity index (χ1v) is 7.46. The van der Waals surface area contributed by atoms with E-state index in [0.29, 0.717) is 22.0 Å². The molecule has 2 aromatic carbocycles. The van der Waals surface area contributed by atoms with E-state index in [1.165, 1.54) is 0 Å². The van der Waals surface area contributed by atoms with Gasteiger partial charge in [-0.05, 0) is 43.3 Å². The van der Waals surface area contributed by atoms with Gasteiger partial charge >= 0.3 is 0 Å². The number of rotatable bonds is 5. The van der Waals surface area contributed by atoms with Gasteiger partial charge in [-0.1, -0.05) is 29.8 Å². The van der Waals surface area contributed by atoms with E-state index in [0.717, 1.165) is 0 Å². The van der Waals surface area contributed by atoms with E-state index in [9.17, 15) is 9.59 Å². The number of benzene rings is 2. The van der Waals surface area contributed by atoms with Crippen molar-refractivity contribution in [3.05, 3.63) is 76.5 Å². The summed E-state index contributed by atoms with van der Waals surface area (Å²) in [6, 6.07) is 15.4. The third kappa shape index (κ3) is 4.20. The number of hydrogen-bond donors (Lipinski definition) is 2. The van der Waals surface area contributed by atoms with Gasteiger partial charge in [0.25, 0.3) is 5.91 Å². The Morgan fingerprint density at radius 1 is 0.957 bits per heavy atom. The topological polar surface area (TPSA) is 58.2 Å². The van der Waals surface area contributed by atoms with Crippen LogP contribution < -0.4 is 10.6 Å². The first-order chi connectivity index (χ1) is 11.0. The molecule has 0 aliphatic rings. The summed E-state index contributed by atoms with van der Waals surface area (Å²) in [6.45, 7) is 1.69. The highest BCUT2D eigenvalue weighted by atomic mass is 35.5. The van der Waals surface area contributed by atoms with E-state index in [-0.39, 0.29) is 11.4 Å². The van der Waals surface area contributed by atoms with E-state index in [1.807, 2.05) is 18.2 Å². The Bertz CT molecular complexity index is 737. The number of hydrogen-bond acceptors (Lipinski definition) is 3. The van der Waals surface area contributed by atoms with Crippen molar-refractivity contribution in [3.8, 4) is 0 Å². The second-order valence-electron chi connectivity index (χ2n) is 4.91. The van der Waals surface area contributed by atoms with Crippen molar-refractivity contribution in [2.45, 2.75) is 6.92 Å². The molecule has 0 aromatic heterocycles. The lowest BCUT2D eigenvalue weighted by Gasteiger charge is -2.12. The predicted octanol–water partition coefficient (Wildman–Crippen LogP) is 3.65. The zero-order valence-corrected chi connectivity index (χ0v) is 13.6. The van der Waals surface area contributed by atoms with Crippen LogP contribution in [0.15, 0.2) is 65.9 Å². The molecule has 118 valence electrons. The fraction of sp³-hybridized carbons (Fsp3) is 0.111. The lowest BCUT2D eigenvalue weighted by atomic mass is 10.0. The molecule has 0 unspecified atom stereocenters. The van der Waals surface area contributed by atoms with Crippen molar-refractivity contribution >= 4 is 29.0 Å². The molecule has 1 amide bonds. The number of ketones is 1. The first kappa shape index (κ1) is 16.8. The number of carbonyl (C=O) groups excluding carboxylic acids is 2. The Balaban J connectivity index is 2.32. The van der Waals surface area contributed by atoms with Gasteiger partial charge < -0.3 is 10.6 Å². The summed E-state index contributed by atoms with van der Waals surface area (Å²) in [5, 5.41) is 6.13. The number of allylic oxidation sites excluding steroid dienone is 1. The maximum absolute atomic E-state index is 12.7. The minimum Gasteiger partial charge on any atom is -0.391 e. The number of carbonyl (C=O) groups is 2. The maximum atomic E-state index is 12.7. The van der Waals surface area contributed by atoms with Crippen molar-refractivity contribution in [1.82, 2.24) is 5.32 Å². The van der Waals surface area contributed by atoms with Crippen LogP contribution in [-0.4, -0.2) is 18.7 Å². The van der Waals surface area contributed by atoms with Gasteiger partial charge in [-0.3, -0.25) is 9.59 Å². The van der Waals surface area contributed by atoms with Gasteiger partial charge in [-0.15, -0.1) is 0 Å². The lowest BCUT2D eigenvalue weighted by Crippen LogP contribution is -2.25. The van der Waals surface area contributed by atoms with Crippen LogP contribution in [-0.2, 0) is 4.79 Å². The van der Waals surface area contributed by atoms with Crippen molar-refractivity contribution in [2.24, 2.45) is 0 Å². The molecule has 0 bridgehead atoms. The van der Waals surface area contributed by atoms with Gasteiger partial charge in [0.2, 0.25) is 0 Å². The van der Waals surface area contributed by atoms with Crippen molar-refractivity contribution in [3.63, 3.8) is 0 Å². The molecule has 23 heavy (non-hydrogen) atoms. The Morgan fingerprint density at radius 2 is 1.57 bits per heavy atom. The van der Waals surface area contributed by atoms with Gasteiger partial charge in [0.1, 0.15) is 5.57 Å². The third-order valence-corrected chi connectivity index (χ3v) is 3.59. The van der Waals surface area contributed by atoms with Crippen molar-refractivity contribution in [1.29, 1.82) is 0 Å². The molecule has 0 saturated carbocycles. The first-order valence-electron chi connectivity index (χ1n) is 7.08. The maximum Gasteiger partial charge on any atom is 0.261 e. The van der Waals surface area contributed by atoms with E-state index in [4.69, 9.17) is 11.6 Å². The summed E-state index contributed by atoms with van der Waals surface area (Å²) in [7, 11) is 1.67. The zero-order chi connectivity index (χ0) is 16.8. The molecule has 0 atom stereocenters. The fourth-order valence-corrected chi connectivity index (χ4v) is 2.16. The highest BCUT2D eigenvalue weighted by molar-refractivity contribution is 6.31. The molecule has 0 aliphatic carbocycles. The second kappa shape index (κ2) is 7.61. The number of anilines is 1. The SMILES string of the molecule is CNC(C)=C(C(=O)Nc1ccccc1)C(=O)c1ccc(Cl)cc1. The van der Waals surface area contributed by atoms with Crippen LogP contribution in [0.4, 0.5) is 5.69 Å². The molecule has 0 saturated heterocycles. The van der Waals surface area contributed by atoms with Gasteiger partial charge in [0.05, 0.1) is 0 Å². The molecule has 2 N–H and O–H groups in total. The van der Waals surface area contributed by atoms with Gasteiger partial charge in [-0.25, -0.2) is 0 Å². The van der Waals surface area contributed by atoms with Gasteiger partial charge in [-0.2, -0.15) is 0 Å². The largest absolute Gasteiger partial charge is 0.391 e. The van der Waals surface area contributed by atoms with Crippen molar-refractivity contribution in [2.75, 3.05) is 12.4 Å². The molecule has 0 fully saturated rings. The Morgan fingerprint density at radius 3 is 2.13 bits per heavy atom. The molecule has 0 spiro atoms. The van der Waals surface area contributed by atoms with Crippen LogP contribution in [0.5, 0.6) is 0 Å². The summed E-state index contributed by atoms with van der Waals surface area (Å²) < 4.78 is 0. The molecule has 0 aliphatic heterocycles. The van der Waals surface area contributed by atoms with E-state index < -0.39 is 5.91 Å². The van der Waals surface area contributed by atoms with E-state index in [1.54, 1.807) is 50.4 Å². The highest BCUT2D eigenvalue weighted by Gasteiger charge is 2.22. The Kier molecular flexibility index (Phi) is 5.55.